The van der Waals surface area contributed by atoms with Crippen molar-refractivity contribution in [1.29, 1.82) is 0 Å². The van der Waals surface area contributed by atoms with Gasteiger partial charge in [0.2, 0.25) is 5.88 Å². The molecule has 6 nitrogen and oxygen atoms in total. The highest BCUT2D eigenvalue weighted by atomic mass is 16.5. The van der Waals surface area contributed by atoms with Crippen molar-refractivity contribution in [2.24, 2.45) is 0 Å². The SMILES string of the molecule is CCc1cnc(OC(C)CCOc2ccc(CCC(=O)O)c(C)c2)c(C(=O)c2ccccc2)c1. The number of rotatable bonds is 12. The van der Waals surface area contributed by atoms with E-state index < -0.39 is 5.97 Å². The molecule has 0 radical (unpaired) electrons. The van der Waals surface area contributed by atoms with Gasteiger partial charge in [0.15, 0.2) is 5.78 Å². The number of ether oxygens (including phenoxy) is 2. The highest BCUT2D eigenvalue weighted by molar-refractivity contribution is 6.10. The second-order valence-corrected chi connectivity index (χ2v) is 8.29. The molecule has 0 aliphatic heterocycles. The van der Waals surface area contributed by atoms with Gasteiger partial charge >= 0.3 is 5.97 Å². The highest BCUT2D eigenvalue weighted by Gasteiger charge is 2.19. The fourth-order valence-electron chi connectivity index (χ4n) is 3.56. The molecular formula is C28H31NO5. The van der Waals surface area contributed by atoms with Gasteiger partial charge in [-0.2, -0.15) is 0 Å². The molecule has 0 saturated heterocycles. The largest absolute Gasteiger partial charge is 0.493 e. The highest BCUT2D eigenvalue weighted by Crippen LogP contribution is 2.23. The van der Waals surface area contributed by atoms with Crippen LogP contribution in [-0.2, 0) is 17.6 Å². The Morgan fingerprint density at radius 3 is 2.53 bits per heavy atom. The first-order valence-electron chi connectivity index (χ1n) is 11.6. The molecule has 2 aromatic carbocycles. The Morgan fingerprint density at radius 2 is 1.85 bits per heavy atom. The number of aromatic nitrogens is 1. The Morgan fingerprint density at radius 1 is 1.09 bits per heavy atom. The Hall–Kier alpha value is -3.67. The number of aliphatic carboxylic acids is 1. The molecule has 0 aliphatic carbocycles. The van der Waals surface area contributed by atoms with Crippen LogP contribution in [0.1, 0.15) is 59.3 Å². The molecule has 6 heteroatoms. The van der Waals surface area contributed by atoms with Gasteiger partial charge in [0.05, 0.1) is 12.2 Å². The molecule has 0 bridgehead atoms. The summed E-state index contributed by atoms with van der Waals surface area (Å²) in [6.45, 7) is 6.33. The van der Waals surface area contributed by atoms with Crippen molar-refractivity contribution in [2.75, 3.05) is 6.61 Å². The maximum Gasteiger partial charge on any atom is 0.303 e. The Bertz CT molecular complexity index is 1130. The van der Waals surface area contributed by atoms with E-state index in [1.165, 1.54) is 0 Å². The third-order valence-electron chi connectivity index (χ3n) is 5.62. The predicted molar refractivity (Wildman–Crippen MR) is 131 cm³/mol. The minimum atomic E-state index is -0.804. The molecule has 3 rings (SSSR count). The summed E-state index contributed by atoms with van der Waals surface area (Å²) in [6.07, 6.45) is 3.53. The summed E-state index contributed by atoms with van der Waals surface area (Å²) in [4.78, 5) is 28.3. The van der Waals surface area contributed by atoms with Crippen molar-refractivity contribution in [3.05, 3.63) is 88.6 Å². The van der Waals surface area contributed by atoms with E-state index in [9.17, 15) is 9.59 Å². The first kappa shape index (κ1) is 25.0. The van der Waals surface area contributed by atoms with Crippen molar-refractivity contribution >= 4 is 11.8 Å². The van der Waals surface area contributed by atoms with E-state index >= 15 is 0 Å². The Balaban J connectivity index is 1.61. The molecule has 0 fully saturated rings. The van der Waals surface area contributed by atoms with Gasteiger partial charge in [0, 0.05) is 24.6 Å². The number of ketones is 1. The average Bonchev–Trinajstić information content (AvgIpc) is 2.83. The first-order chi connectivity index (χ1) is 16.4. The third-order valence-corrected chi connectivity index (χ3v) is 5.62. The zero-order chi connectivity index (χ0) is 24.5. The number of hydrogen-bond donors (Lipinski definition) is 1. The van der Waals surface area contributed by atoms with Crippen molar-refractivity contribution in [2.45, 2.75) is 52.6 Å². The fraction of sp³-hybridized carbons (Fsp3) is 0.321. The number of pyridine rings is 1. The van der Waals surface area contributed by atoms with Gasteiger partial charge in [-0.3, -0.25) is 9.59 Å². The van der Waals surface area contributed by atoms with Crippen LogP contribution in [0.4, 0.5) is 0 Å². The number of carboxylic acid groups (broad SMARTS) is 1. The minimum Gasteiger partial charge on any atom is -0.493 e. The molecule has 0 aliphatic rings. The lowest BCUT2D eigenvalue weighted by Gasteiger charge is -2.17. The number of benzene rings is 2. The van der Waals surface area contributed by atoms with Gasteiger partial charge in [-0.25, -0.2) is 4.98 Å². The van der Waals surface area contributed by atoms with Crippen LogP contribution in [0.3, 0.4) is 0 Å². The summed E-state index contributed by atoms with van der Waals surface area (Å²) in [7, 11) is 0. The van der Waals surface area contributed by atoms with Gasteiger partial charge in [-0.05, 0) is 61.6 Å². The van der Waals surface area contributed by atoms with Crippen molar-refractivity contribution in [1.82, 2.24) is 4.98 Å². The lowest BCUT2D eigenvalue weighted by Crippen LogP contribution is -2.18. The van der Waals surface area contributed by atoms with Gasteiger partial charge in [-0.1, -0.05) is 43.3 Å². The quantitative estimate of drug-likeness (QED) is 0.362. The molecular weight excluding hydrogens is 430 g/mol. The van der Waals surface area contributed by atoms with Gasteiger partial charge < -0.3 is 14.6 Å². The van der Waals surface area contributed by atoms with Crippen LogP contribution in [0, 0.1) is 6.92 Å². The molecule has 1 N–H and O–H groups in total. The molecule has 0 saturated carbocycles. The van der Waals surface area contributed by atoms with Crippen LogP contribution in [0.15, 0.2) is 60.8 Å². The third kappa shape index (κ3) is 6.91. The van der Waals surface area contributed by atoms with Crippen LogP contribution in [-0.4, -0.2) is 34.6 Å². The van der Waals surface area contributed by atoms with Crippen molar-refractivity contribution < 1.29 is 24.2 Å². The molecule has 178 valence electrons. The maximum absolute atomic E-state index is 13.1. The number of carboxylic acids is 1. The number of hydrogen-bond acceptors (Lipinski definition) is 5. The zero-order valence-corrected chi connectivity index (χ0v) is 19.9. The van der Waals surface area contributed by atoms with Crippen LogP contribution >= 0.6 is 0 Å². The maximum atomic E-state index is 13.1. The number of nitrogens with zero attached hydrogens (tertiary/aromatic N) is 1. The second kappa shape index (κ2) is 12.0. The summed E-state index contributed by atoms with van der Waals surface area (Å²) in [5, 5.41) is 8.87. The lowest BCUT2D eigenvalue weighted by atomic mass is 10.0. The molecule has 3 aromatic rings. The van der Waals surface area contributed by atoms with Gasteiger partial charge in [-0.15, -0.1) is 0 Å². The monoisotopic (exact) mass is 461 g/mol. The van der Waals surface area contributed by atoms with E-state index in [1.54, 1.807) is 18.3 Å². The number of carbonyl (C=O) groups excluding carboxylic acids is 1. The summed E-state index contributed by atoms with van der Waals surface area (Å²) in [5.41, 5.74) is 4.05. The summed E-state index contributed by atoms with van der Waals surface area (Å²) in [5.74, 6) is 0.146. The number of aryl methyl sites for hydroxylation is 3. The van der Waals surface area contributed by atoms with Crippen LogP contribution in [0.5, 0.6) is 11.6 Å². The normalized spacial score (nSPS) is 11.6. The standard InChI is InChI=1S/C28H31NO5/c1-4-21-17-25(27(32)23-8-6-5-7-9-23)28(29-18-21)34-20(3)14-15-33-24-12-10-22(19(2)16-24)11-13-26(30)31/h5-10,12,16-18,20H,4,11,13-15H2,1-3H3,(H,30,31). The van der Waals surface area contributed by atoms with E-state index in [2.05, 4.69) is 4.98 Å². The van der Waals surface area contributed by atoms with Crippen molar-refractivity contribution in [3.63, 3.8) is 0 Å². The van der Waals surface area contributed by atoms with E-state index in [0.717, 1.165) is 28.9 Å². The summed E-state index contributed by atoms with van der Waals surface area (Å²) < 4.78 is 11.9. The van der Waals surface area contributed by atoms with E-state index in [1.807, 2.05) is 63.2 Å². The molecule has 1 atom stereocenters. The zero-order valence-electron chi connectivity index (χ0n) is 19.9. The predicted octanol–water partition coefficient (Wildman–Crippen LogP) is 5.44. The lowest BCUT2D eigenvalue weighted by molar-refractivity contribution is -0.136. The average molecular weight is 462 g/mol. The van der Waals surface area contributed by atoms with E-state index in [4.69, 9.17) is 14.6 Å². The molecule has 34 heavy (non-hydrogen) atoms. The molecule has 0 spiro atoms. The topological polar surface area (TPSA) is 85.7 Å². The van der Waals surface area contributed by atoms with Crippen molar-refractivity contribution in [3.8, 4) is 11.6 Å². The summed E-state index contributed by atoms with van der Waals surface area (Å²) >= 11 is 0. The summed E-state index contributed by atoms with van der Waals surface area (Å²) in [6, 6.07) is 16.7. The molecule has 1 heterocycles. The van der Waals surface area contributed by atoms with Gasteiger partial charge in [0.1, 0.15) is 11.9 Å². The fourth-order valence-corrected chi connectivity index (χ4v) is 3.56. The van der Waals surface area contributed by atoms with E-state index in [-0.39, 0.29) is 18.3 Å². The first-order valence-corrected chi connectivity index (χ1v) is 11.6. The smallest absolute Gasteiger partial charge is 0.303 e. The Kier molecular flexibility index (Phi) is 8.79. The van der Waals surface area contributed by atoms with E-state index in [0.29, 0.717) is 36.5 Å². The van der Waals surface area contributed by atoms with Gasteiger partial charge in [0.25, 0.3) is 0 Å². The Labute approximate surface area is 200 Å². The van der Waals surface area contributed by atoms with Crippen LogP contribution < -0.4 is 9.47 Å². The second-order valence-electron chi connectivity index (χ2n) is 8.29. The van der Waals surface area contributed by atoms with Crippen LogP contribution in [0.25, 0.3) is 0 Å². The minimum absolute atomic E-state index is 0.109. The van der Waals surface area contributed by atoms with Crippen LogP contribution in [0.2, 0.25) is 0 Å². The molecule has 0 amide bonds. The molecule has 1 aromatic heterocycles. The molecule has 1 unspecified atom stereocenters. The number of carbonyl (C=O) groups is 2.